The molecule has 1 aliphatic heterocycles. The molecule has 0 aromatic carbocycles. The van der Waals surface area contributed by atoms with Crippen LogP contribution in [0.2, 0.25) is 0 Å². The van der Waals surface area contributed by atoms with Crippen molar-refractivity contribution in [3.8, 4) is 0 Å². The van der Waals surface area contributed by atoms with Crippen molar-refractivity contribution in [1.82, 2.24) is 4.98 Å². The average Bonchev–Trinajstić information content (AvgIpc) is 2.84. The van der Waals surface area contributed by atoms with E-state index in [0.29, 0.717) is 10.5 Å². The highest BCUT2D eigenvalue weighted by molar-refractivity contribution is 8.06. The van der Waals surface area contributed by atoms with Crippen molar-refractivity contribution in [1.29, 1.82) is 0 Å². The van der Waals surface area contributed by atoms with Crippen molar-refractivity contribution in [3.05, 3.63) is 15.6 Å². The van der Waals surface area contributed by atoms with Crippen molar-refractivity contribution in [3.63, 3.8) is 0 Å². The molecule has 2 heterocycles. The van der Waals surface area contributed by atoms with Crippen LogP contribution >= 0.6 is 34.9 Å². The fraction of sp³-hybridized carbons (Fsp3) is 0.769. The summed E-state index contributed by atoms with van der Waals surface area (Å²) in [7, 11) is 0. The number of aliphatic hydroxyl groups excluding tert-OH is 1. The van der Waals surface area contributed by atoms with Gasteiger partial charge in [-0.05, 0) is 25.7 Å². The van der Waals surface area contributed by atoms with E-state index in [9.17, 15) is 5.11 Å². The largest absolute Gasteiger partial charge is 0.387 e. The van der Waals surface area contributed by atoms with Gasteiger partial charge < -0.3 is 5.11 Å². The predicted molar refractivity (Wildman–Crippen MR) is 81.7 cm³/mol. The van der Waals surface area contributed by atoms with E-state index < -0.39 is 0 Å². The van der Waals surface area contributed by atoms with Crippen LogP contribution in [0.5, 0.6) is 0 Å². The maximum atomic E-state index is 10.0. The van der Waals surface area contributed by atoms with Crippen molar-refractivity contribution in [2.45, 2.75) is 49.2 Å². The van der Waals surface area contributed by atoms with Crippen molar-refractivity contribution in [2.24, 2.45) is 0 Å². The molecule has 2 aliphatic rings. The Balaban J connectivity index is 1.87. The molecule has 5 heteroatoms. The third-order valence-corrected chi connectivity index (χ3v) is 8.26. The summed E-state index contributed by atoms with van der Waals surface area (Å²) >= 11 is 6.01. The molecule has 1 aromatic rings. The molecule has 100 valence electrons. The lowest BCUT2D eigenvalue weighted by Crippen LogP contribution is -2.18. The number of aryl methyl sites for hydroxylation is 1. The smallest absolute Gasteiger partial charge is 0.107 e. The van der Waals surface area contributed by atoms with Gasteiger partial charge in [0.15, 0.2) is 0 Å². The summed E-state index contributed by atoms with van der Waals surface area (Å²) in [5.41, 5.74) is 0.993. The normalized spacial score (nSPS) is 32.2. The third kappa shape index (κ3) is 2.47. The summed E-state index contributed by atoms with van der Waals surface area (Å²) in [6.07, 6.45) is 4.03. The maximum Gasteiger partial charge on any atom is 0.107 e. The molecule has 3 rings (SSSR count). The number of fused-ring (bicyclic) bond motifs is 1. The topological polar surface area (TPSA) is 33.1 Å². The van der Waals surface area contributed by atoms with E-state index in [1.165, 1.54) is 27.8 Å². The number of nitrogens with zero attached hydrogens (tertiary/aromatic N) is 1. The zero-order valence-electron chi connectivity index (χ0n) is 10.6. The zero-order valence-corrected chi connectivity index (χ0v) is 13.0. The quantitative estimate of drug-likeness (QED) is 0.900. The molecule has 0 saturated carbocycles. The van der Waals surface area contributed by atoms with Crippen molar-refractivity contribution >= 4 is 34.9 Å². The minimum atomic E-state index is -0.305. The van der Waals surface area contributed by atoms with Crippen molar-refractivity contribution < 1.29 is 5.11 Å². The second-order valence-electron chi connectivity index (χ2n) is 4.88. The van der Waals surface area contributed by atoms with Crippen LogP contribution in [-0.4, -0.2) is 26.8 Å². The summed E-state index contributed by atoms with van der Waals surface area (Å²) < 4.78 is 0. The van der Waals surface area contributed by atoms with Gasteiger partial charge in [-0.3, -0.25) is 0 Å². The van der Waals surface area contributed by atoms with Crippen molar-refractivity contribution in [2.75, 3.05) is 11.5 Å². The van der Waals surface area contributed by atoms with Crippen LogP contribution in [0.25, 0.3) is 0 Å². The number of aromatic nitrogens is 1. The molecule has 2 nitrogen and oxygen atoms in total. The fourth-order valence-corrected chi connectivity index (χ4v) is 7.25. The molecule has 0 spiro atoms. The molecular formula is C13H19NOS3. The molecule has 3 unspecified atom stereocenters. The third-order valence-electron chi connectivity index (χ3n) is 3.64. The lowest BCUT2D eigenvalue weighted by atomic mass is 10.0. The SMILES string of the molecule is CCC1SCCSC1c1nc2c(s1)CCCC2O. The van der Waals surface area contributed by atoms with E-state index in [4.69, 9.17) is 4.98 Å². The number of hydrogen-bond acceptors (Lipinski definition) is 5. The van der Waals surface area contributed by atoms with Gasteiger partial charge in [-0.25, -0.2) is 4.98 Å². The second-order valence-corrected chi connectivity index (χ2v) is 8.59. The first-order valence-corrected chi connectivity index (χ1v) is 9.61. The van der Waals surface area contributed by atoms with Crippen LogP contribution in [0.15, 0.2) is 0 Å². The molecule has 3 atom stereocenters. The number of thioether (sulfide) groups is 2. The summed E-state index contributed by atoms with van der Waals surface area (Å²) in [6, 6.07) is 0. The number of hydrogen-bond donors (Lipinski definition) is 1. The summed E-state index contributed by atoms with van der Waals surface area (Å²) in [5, 5.41) is 12.6. The molecule has 1 aliphatic carbocycles. The molecule has 0 radical (unpaired) electrons. The van der Waals surface area contributed by atoms with E-state index >= 15 is 0 Å². The van der Waals surface area contributed by atoms with Gasteiger partial charge in [0.1, 0.15) is 5.01 Å². The average molecular weight is 302 g/mol. The molecule has 1 fully saturated rings. The summed E-state index contributed by atoms with van der Waals surface area (Å²) in [4.78, 5) is 6.13. The molecule has 1 N–H and O–H groups in total. The highest BCUT2D eigenvalue weighted by Crippen LogP contribution is 2.47. The Bertz CT molecular complexity index is 420. The summed E-state index contributed by atoms with van der Waals surface area (Å²) in [6.45, 7) is 2.28. The monoisotopic (exact) mass is 301 g/mol. The van der Waals surface area contributed by atoms with Gasteiger partial charge >= 0.3 is 0 Å². The Morgan fingerprint density at radius 2 is 2.17 bits per heavy atom. The second kappa shape index (κ2) is 5.73. The van der Waals surface area contributed by atoms with Crippen LogP contribution in [0, 0.1) is 0 Å². The van der Waals surface area contributed by atoms with Gasteiger partial charge in [0.25, 0.3) is 0 Å². The number of rotatable bonds is 2. The maximum absolute atomic E-state index is 10.0. The number of aliphatic hydroxyl groups is 1. The molecule has 0 amide bonds. The van der Waals surface area contributed by atoms with Crippen LogP contribution in [0.3, 0.4) is 0 Å². The minimum Gasteiger partial charge on any atom is -0.387 e. The van der Waals surface area contributed by atoms with E-state index in [1.54, 1.807) is 0 Å². The van der Waals surface area contributed by atoms with E-state index in [1.807, 2.05) is 11.3 Å². The standard InChI is InChI=1S/C13H19NOS3/c1-2-9-12(17-7-6-16-9)13-14-11-8(15)4-3-5-10(11)18-13/h8-9,12,15H,2-7H2,1H3. The zero-order chi connectivity index (χ0) is 12.5. The van der Waals surface area contributed by atoms with E-state index in [0.717, 1.165) is 25.0 Å². The van der Waals surface area contributed by atoms with Gasteiger partial charge in [-0.15, -0.1) is 23.1 Å². The Morgan fingerprint density at radius 1 is 1.33 bits per heavy atom. The first-order valence-electron chi connectivity index (χ1n) is 6.70. The first kappa shape index (κ1) is 13.3. The molecule has 1 aromatic heterocycles. The highest BCUT2D eigenvalue weighted by Gasteiger charge is 2.31. The Labute approximate surface area is 121 Å². The van der Waals surface area contributed by atoms with Gasteiger partial charge in [-0.1, -0.05) is 6.92 Å². The minimum absolute atomic E-state index is 0.305. The van der Waals surface area contributed by atoms with Gasteiger partial charge in [0, 0.05) is 21.6 Å². The first-order chi connectivity index (χ1) is 8.79. The summed E-state index contributed by atoms with van der Waals surface area (Å²) in [5.74, 6) is 2.51. The Kier molecular flexibility index (Phi) is 4.23. The molecular weight excluding hydrogens is 282 g/mol. The van der Waals surface area contributed by atoms with Crippen LogP contribution in [0.1, 0.15) is 53.1 Å². The van der Waals surface area contributed by atoms with Crippen LogP contribution in [-0.2, 0) is 6.42 Å². The van der Waals surface area contributed by atoms with E-state index in [2.05, 4.69) is 30.4 Å². The Morgan fingerprint density at radius 3 is 2.94 bits per heavy atom. The van der Waals surface area contributed by atoms with Gasteiger partial charge in [-0.2, -0.15) is 11.8 Å². The predicted octanol–water partition coefficient (Wildman–Crippen LogP) is 3.81. The van der Waals surface area contributed by atoms with Crippen LogP contribution < -0.4 is 0 Å². The number of thiazole rings is 1. The highest BCUT2D eigenvalue weighted by atomic mass is 32.2. The Hall–Kier alpha value is 0.290. The fourth-order valence-electron chi connectivity index (χ4n) is 2.67. The van der Waals surface area contributed by atoms with Crippen LogP contribution in [0.4, 0.5) is 0 Å². The molecule has 18 heavy (non-hydrogen) atoms. The lowest BCUT2D eigenvalue weighted by molar-refractivity contribution is 0.153. The van der Waals surface area contributed by atoms with Gasteiger partial charge in [0.2, 0.25) is 0 Å². The lowest BCUT2D eigenvalue weighted by Gasteiger charge is -2.28. The molecule has 1 saturated heterocycles. The van der Waals surface area contributed by atoms with Gasteiger partial charge in [0.05, 0.1) is 17.0 Å². The van der Waals surface area contributed by atoms with E-state index in [-0.39, 0.29) is 6.10 Å². The molecule has 0 bridgehead atoms.